The zero-order valence-electron chi connectivity index (χ0n) is 18.2. The third-order valence-electron chi connectivity index (χ3n) is 5.45. The van der Waals surface area contributed by atoms with Crippen LogP contribution in [-0.4, -0.2) is 37.3 Å². The minimum atomic E-state index is -0.802. The van der Waals surface area contributed by atoms with Gasteiger partial charge in [-0.2, -0.15) is 0 Å². The van der Waals surface area contributed by atoms with Crippen molar-refractivity contribution in [2.45, 2.75) is 83.8 Å². The molecule has 0 spiro atoms. The number of methoxy groups -OCH3 is 1. The first-order valence-electron chi connectivity index (χ1n) is 10.8. The predicted molar refractivity (Wildman–Crippen MR) is 113 cm³/mol. The first-order valence-corrected chi connectivity index (χ1v) is 10.8. The molecule has 1 aromatic carbocycles. The summed E-state index contributed by atoms with van der Waals surface area (Å²) < 4.78 is 16.8. The van der Waals surface area contributed by atoms with Crippen molar-refractivity contribution in [3.05, 3.63) is 23.8 Å². The van der Waals surface area contributed by atoms with E-state index in [9.17, 15) is 9.59 Å². The quantitative estimate of drug-likeness (QED) is 0.456. The average molecular weight is 406 g/mol. The Morgan fingerprint density at radius 1 is 1.14 bits per heavy atom. The van der Waals surface area contributed by atoms with Crippen molar-refractivity contribution in [3.8, 4) is 5.75 Å². The Morgan fingerprint density at radius 2 is 1.83 bits per heavy atom. The third-order valence-corrected chi connectivity index (χ3v) is 5.45. The summed E-state index contributed by atoms with van der Waals surface area (Å²) in [5.74, 6) is -0.180. The van der Waals surface area contributed by atoms with Gasteiger partial charge in [0.05, 0.1) is 13.2 Å². The Hall–Kier alpha value is -2.08. The van der Waals surface area contributed by atoms with Gasteiger partial charge in [-0.25, -0.2) is 4.79 Å². The molecule has 1 atom stereocenters. The lowest BCUT2D eigenvalue weighted by molar-refractivity contribution is -0.143. The zero-order valence-corrected chi connectivity index (χ0v) is 18.2. The van der Waals surface area contributed by atoms with Crippen LogP contribution in [0.2, 0.25) is 0 Å². The van der Waals surface area contributed by atoms with Crippen LogP contribution in [0.1, 0.15) is 82.5 Å². The Balaban J connectivity index is 2.26. The molecule has 1 aliphatic carbocycles. The van der Waals surface area contributed by atoms with Gasteiger partial charge in [0.25, 0.3) is 5.91 Å². The van der Waals surface area contributed by atoms with Crippen LogP contribution in [0.4, 0.5) is 5.69 Å². The smallest absolute Gasteiger partial charge is 0.341 e. The van der Waals surface area contributed by atoms with Crippen LogP contribution in [0, 0.1) is 0 Å². The van der Waals surface area contributed by atoms with Gasteiger partial charge in [0.2, 0.25) is 0 Å². The molecule has 162 valence electrons. The zero-order chi connectivity index (χ0) is 21.3. The Labute approximate surface area is 174 Å². The molecular formula is C23H35NO5. The molecule has 0 radical (unpaired) electrons. The summed E-state index contributed by atoms with van der Waals surface area (Å²) in [7, 11) is 1.33. The van der Waals surface area contributed by atoms with Crippen LogP contribution >= 0.6 is 0 Å². The van der Waals surface area contributed by atoms with Crippen LogP contribution in [-0.2, 0) is 14.3 Å². The van der Waals surface area contributed by atoms with E-state index in [4.69, 9.17) is 14.2 Å². The number of benzene rings is 1. The molecule has 1 saturated carbocycles. The number of nitrogens with one attached hydrogen (secondary N) is 1. The minimum absolute atomic E-state index is 0.0319. The van der Waals surface area contributed by atoms with Gasteiger partial charge in [0.1, 0.15) is 16.9 Å². The molecule has 1 aromatic rings. The van der Waals surface area contributed by atoms with E-state index in [1.54, 1.807) is 18.2 Å². The molecule has 6 nitrogen and oxygen atoms in total. The van der Waals surface area contributed by atoms with E-state index in [1.807, 2.05) is 20.8 Å². The topological polar surface area (TPSA) is 73.9 Å². The summed E-state index contributed by atoms with van der Waals surface area (Å²) >= 11 is 0. The fourth-order valence-corrected chi connectivity index (χ4v) is 3.56. The van der Waals surface area contributed by atoms with E-state index in [-0.39, 0.29) is 12.0 Å². The van der Waals surface area contributed by atoms with Crippen molar-refractivity contribution in [3.63, 3.8) is 0 Å². The number of hydrogen-bond acceptors (Lipinski definition) is 5. The number of amides is 1. The highest BCUT2D eigenvalue weighted by Gasteiger charge is 2.39. The molecule has 1 aliphatic rings. The molecule has 0 heterocycles. The maximum atomic E-state index is 13.2. The van der Waals surface area contributed by atoms with E-state index in [0.717, 1.165) is 51.4 Å². The SMILES string of the molecule is CCCOC1(C(=O)Nc2ccc(O[C@@H](C)CC)c(C(=O)OC)c2)CCCCCC1. The van der Waals surface area contributed by atoms with Gasteiger partial charge in [-0.15, -0.1) is 0 Å². The second-order valence-corrected chi connectivity index (χ2v) is 7.75. The largest absolute Gasteiger partial charge is 0.490 e. The summed E-state index contributed by atoms with van der Waals surface area (Å²) in [6, 6.07) is 5.08. The lowest BCUT2D eigenvalue weighted by atomic mass is 9.92. The van der Waals surface area contributed by atoms with Crippen LogP contribution < -0.4 is 10.1 Å². The number of rotatable bonds is 9. The molecule has 0 aliphatic heterocycles. The first kappa shape index (κ1) is 23.2. The number of ether oxygens (including phenoxy) is 3. The van der Waals surface area contributed by atoms with E-state index in [0.29, 0.717) is 23.6 Å². The standard InChI is InChI=1S/C23H35NO5/c1-5-15-28-23(13-9-7-8-10-14-23)22(26)24-18-11-12-20(29-17(3)6-2)19(16-18)21(25)27-4/h11-12,16-17H,5-10,13-15H2,1-4H3,(H,24,26)/t17-/m0/s1. The second kappa shape index (κ2) is 11.2. The Kier molecular flexibility index (Phi) is 8.96. The summed E-state index contributed by atoms with van der Waals surface area (Å²) in [5, 5.41) is 2.98. The summed E-state index contributed by atoms with van der Waals surface area (Å²) in [6.07, 6.45) is 7.29. The molecule has 1 fully saturated rings. The second-order valence-electron chi connectivity index (χ2n) is 7.75. The fourth-order valence-electron chi connectivity index (χ4n) is 3.56. The highest BCUT2D eigenvalue weighted by molar-refractivity contribution is 5.99. The molecule has 29 heavy (non-hydrogen) atoms. The average Bonchev–Trinajstić information content (AvgIpc) is 2.99. The number of carbonyl (C=O) groups excluding carboxylic acids is 2. The first-order chi connectivity index (χ1) is 14.0. The van der Waals surface area contributed by atoms with Crippen LogP contribution in [0.5, 0.6) is 5.75 Å². The normalized spacial score (nSPS) is 17.1. The molecule has 1 amide bonds. The fraction of sp³-hybridized carbons (Fsp3) is 0.652. The van der Waals surface area contributed by atoms with Crippen molar-refractivity contribution in [1.29, 1.82) is 0 Å². The highest BCUT2D eigenvalue weighted by Crippen LogP contribution is 2.33. The van der Waals surface area contributed by atoms with Crippen molar-refractivity contribution >= 4 is 17.6 Å². The maximum Gasteiger partial charge on any atom is 0.341 e. The van der Waals surface area contributed by atoms with E-state index >= 15 is 0 Å². The monoisotopic (exact) mass is 405 g/mol. The van der Waals surface area contributed by atoms with Crippen molar-refractivity contribution in [2.75, 3.05) is 19.0 Å². The Bertz CT molecular complexity index is 680. The van der Waals surface area contributed by atoms with Gasteiger partial charge in [0.15, 0.2) is 0 Å². The molecule has 6 heteroatoms. The van der Waals surface area contributed by atoms with Gasteiger partial charge in [-0.3, -0.25) is 4.79 Å². The molecular weight excluding hydrogens is 370 g/mol. The highest BCUT2D eigenvalue weighted by atomic mass is 16.5. The molecule has 2 rings (SSSR count). The number of esters is 1. The Morgan fingerprint density at radius 3 is 2.41 bits per heavy atom. The molecule has 0 aromatic heterocycles. The molecule has 1 N–H and O–H groups in total. The molecule has 0 unspecified atom stereocenters. The molecule has 0 saturated heterocycles. The maximum absolute atomic E-state index is 13.2. The summed E-state index contributed by atoms with van der Waals surface area (Å²) in [4.78, 5) is 25.5. The van der Waals surface area contributed by atoms with E-state index < -0.39 is 11.6 Å². The molecule has 0 bridgehead atoms. The van der Waals surface area contributed by atoms with Gasteiger partial charge in [0, 0.05) is 12.3 Å². The third kappa shape index (κ3) is 6.20. The lowest BCUT2D eigenvalue weighted by Gasteiger charge is -2.31. The number of hydrogen-bond donors (Lipinski definition) is 1. The predicted octanol–water partition coefficient (Wildman–Crippen LogP) is 5.11. The minimum Gasteiger partial charge on any atom is -0.490 e. The van der Waals surface area contributed by atoms with Crippen LogP contribution in [0.3, 0.4) is 0 Å². The van der Waals surface area contributed by atoms with E-state index in [1.165, 1.54) is 7.11 Å². The van der Waals surface area contributed by atoms with Gasteiger partial charge < -0.3 is 19.5 Å². The van der Waals surface area contributed by atoms with Crippen LogP contribution in [0.25, 0.3) is 0 Å². The van der Waals surface area contributed by atoms with Gasteiger partial charge >= 0.3 is 5.97 Å². The van der Waals surface area contributed by atoms with E-state index in [2.05, 4.69) is 5.32 Å². The summed E-state index contributed by atoms with van der Waals surface area (Å²) in [5.41, 5.74) is 0.0368. The van der Waals surface area contributed by atoms with Gasteiger partial charge in [-0.05, 0) is 50.8 Å². The van der Waals surface area contributed by atoms with Crippen molar-refractivity contribution in [2.24, 2.45) is 0 Å². The van der Waals surface area contributed by atoms with Crippen molar-refractivity contribution < 1.29 is 23.8 Å². The van der Waals surface area contributed by atoms with Crippen molar-refractivity contribution in [1.82, 2.24) is 0 Å². The van der Waals surface area contributed by atoms with Gasteiger partial charge in [-0.1, -0.05) is 39.5 Å². The van der Waals surface area contributed by atoms with Crippen LogP contribution in [0.15, 0.2) is 18.2 Å². The summed E-state index contributed by atoms with van der Waals surface area (Å²) in [6.45, 7) is 6.56. The number of anilines is 1. The number of carbonyl (C=O) groups is 2. The lowest BCUT2D eigenvalue weighted by Crippen LogP contribution is -2.45.